The van der Waals surface area contributed by atoms with E-state index in [9.17, 15) is 13.2 Å². The molecule has 0 radical (unpaired) electrons. The highest BCUT2D eigenvalue weighted by Crippen LogP contribution is 2.35. The molecule has 3 unspecified atom stereocenters. The summed E-state index contributed by atoms with van der Waals surface area (Å²) in [6.07, 6.45) is -1.38. The summed E-state index contributed by atoms with van der Waals surface area (Å²) in [5.74, 6) is -0.690. The number of halogens is 3. The molecule has 0 spiro atoms. The molecule has 29 heavy (non-hydrogen) atoms. The number of hydrogen-bond donors (Lipinski definition) is 2. The van der Waals surface area contributed by atoms with Crippen LogP contribution in [0.2, 0.25) is 0 Å². The van der Waals surface area contributed by atoms with Crippen molar-refractivity contribution in [3.05, 3.63) is 18.1 Å². The summed E-state index contributed by atoms with van der Waals surface area (Å²) in [7, 11) is 0. The third kappa shape index (κ3) is 6.22. The quantitative estimate of drug-likeness (QED) is 0.741. The second-order valence-corrected chi connectivity index (χ2v) is 7.71. The summed E-state index contributed by atoms with van der Waals surface area (Å²) in [6.45, 7) is 10.1. The van der Waals surface area contributed by atoms with Crippen LogP contribution >= 0.6 is 0 Å². The van der Waals surface area contributed by atoms with E-state index in [0.29, 0.717) is 6.20 Å². The average Bonchev–Trinajstić information content (AvgIpc) is 2.97. The van der Waals surface area contributed by atoms with E-state index < -0.39 is 17.7 Å². The molecule has 8 nitrogen and oxygen atoms in total. The van der Waals surface area contributed by atoms with Gasteiger partial charge in [0.25, 0.3) is 0 Å². The molecule has 0 bridgehead atoms. The van der Waals surface area contributed by atoms with Crippen LogP contribution in [0.5, 0.6) is 0 Å². The Balaban J connectivity index is 0.000000188. The minimum atomic E-state index is -4.47. The Morgan fingerprint density at radius 3 is 2.59 bits per heavy atom. The van der Waals surface area contributed by atoms with Gasteiger partial charge in [-0.3, -0.25) is 9.88 Å². The molecule has 3 fully saturated rings. The third-order valence-electron chi connectivity index (χ3n) is 4.91. The van der Waals surface area contributed by atoms with Gasteiger partial charge in [-0.15, -0.1) is 0 Å². The molecule has 0 saturated carbocycles. The molecule has 0 aromatic carbocycles. The summed E-state index contributed by atoms with van der Waals surface area (Å²) in [4.78, 5) is 8.73. The van der Waals surface area contributed by atoms with Crippen LogP contribution in [-0.4, -0.2) is 78.3 Å². The van der Waals surface area contributed by atoms with Crippen molar-refractivity contribution in [2.24, 2.45) is 0 Å². The van der Waals surface area contributed by atoms with Crippen molar-refractivity contribution in [1.82, 2.24) is 20.2 Å². The maximum absolute atomic E-state index is 11.8. The highest BCUT2D eigenvalue weighted by atomic mass is 19.4. The molecule has 1 aromatic rings. The van der Waals surface area contributed by atoms with Crippen molar-refractivity contribution in [3.8, 4) is 0 Å². The van der Waals surface area contributed by atoms with Crippen LogP contribution in [0.15, 0.2) is 12.4 Å². The molecule has 3 aliphatic heterocycles. The number of alkyl halides is 3. The van der Waals surface area contributed by atoms with Gasteiger partial charge in [0.1, 0.15) is 11.9 Å². The predicted molar refractivity (Wildman–Crippen MR) is 98.9 cm³/mol. The Kier molecular flexibility index (Phi) is 6.94. The number of fused-ring (bicyclic) bond motifs is 1. The summed E-state index contributed by atoms with van der Waals surface area (Å²) >= 11 is 0. The lowest BCUT2D eigenvalue weighted by atomic mass is 10.0. The van der Waals surface area contributed by atoms with E-state index in [-0.39, 0.29) is 24.1 Å². The van der Waals surface area contributed by atoms with Gasteiger partial charge in [-0.2, -0.15) is 13.2 Å². The fourth-order valence-electron chi connectivity index (χ4n) is 3.65. The molecule has 11 heteroatoms. The molecule has 4 heterocycles. The van der Waals surface area contributed by atoms with Gasteiger partial charge in [-0.05, 0) is 20.3 Å². The van der Waals surface area contributed by atoms with E-state index in [2.05, 4.69) is 20.2 Å². The fraction of sp³-hybridized carbons (Fsp3) is 0.778. The number of aromatic nitrogens is 2. The van der Waals surface area contributed by atoms with Crippen LogP contribution in [0.25, 0.3) is 0 Å². The van der Waals surface area contributed by atoms with Crippen LogP contribution in [0.3, 0.4) is 0 Å². The minimum Gasteiger partial charge on any atom is -0.382 e. The maximum Gasteiger partial charge on any atom is 0.434 e. The first-order valence-corrected chi connectivity index (χ1v) is 9.69. The Morgan fingerprint density at radius 2 is 1.97 bits per heavy atom. The number of nitrogens with zero attached hydrogens (tertiary/aromatic N) is 3. The van der Waals surface area contributed by atoms with E-state index in [1.165, 1.54) is 0 Å². The smallest absolute Gasteiger partial charge is 0.382 e. The van der Waals surface area contributed by atoms with Crippen molar-refractivity contribution >= 4 is 5.82 Å². The van der Waals surface area contributed by atoms with Gasteiger partial charge >= 0.3 is 6.18 Å². The van der Waals surface area contributed by atoms with Gasteiger partial charge < -0.3 is 25.3 Å². The summed E-state index contributed by atoms with van der Waals surface area (Å²) in [5, 5.41) is 3.37. The Labute approximate surface area is 167 Å². The van der Waals surface area contributed by atoms with Crippen molar-refractivity contribution < 1.29 is 27.4 Å². The summed E-state index contributed by atoms with van der Waals surface area (Å²) < 4.78 is 53.3. The van der Waals surface area contributed by atoms with Gasteiger partial charge in [0.05, 0.1) is 24.6 Å². The largest absolute Gasteiger partial charge is 0.434 e. The zero-order valence-corrected chi connectivity index (χ0v) is 16.6. The predicted octanol–water partition coefficient (Wildman–Crippen LogP) is 1.28. The first kappa shape index (κ1) is 22.2. The SMILES string of the molecule is CC1(C)OC2CCOC(CN3CCNCC3)C2O1.Nc1cncc(C(F)(F)F)n1. The van der Waals surface area contributed by atoms with Crippen molar-refractivity contribution in [2.45, 2.75) is 50.5 Å². The molecular formula is C18H28F3N5O3. The van der Waals surface area contributed by atoms with Crippen LogP contribution in [-0.2, 0) is 20.4 Å². The Bertz CT molecular complexity index is 670. The van der Waals surface area contributed by atoms with E-state index in [4.69, 9.17) is 19.9 Å². The number of anilines is 1. The lowest BCUT2D eigenvalue weighted by molar-refractivity contribution is -0.155. The summed E-state index contributed by atoms with van der Waals surface area (Å²) in [6, 6.07) is 0. The van der Waals surface area contributed by atoms with E-state index in [1.807, 2.05) is 13.8 Å². The van der Waals surface area contributed by atoms with Gasteiger partial charge in [-0.1, -0.05) is 0 Å². The molecule has 1 aromatic heterocycles. The molecule has 4 rings (SSSR count). The lowest BCUT2D eigenvalue weighted by Gasteiger charge is -2.36. The van der Waals surface area contributed by atoms with Gasteiger partial charge in [0.2, 0.25) is 0 Å². The maximum atomic E-state index is 11.8. The van der Waals surface area contributed by atoms with Gasteiger partial charge in [0.15, 0.2) is 11.5 Å². The minimum absolute atomic E-state index is 0.101. The van der Waals surface area contributed by atoms with Crippen molar-refractivity contribution in [3.63, 3.8) is 0 Å². The molecule has 3 saturated heterocycles. The fourth-order valence-corrected chi connectivity index (χ4v) is 3.65. The van der Waals surface area contributed by atoms with Crippen molar-refractivity contribution in [2.75, 3.05) is 45.1 Å². The van der Waals surface area contributed by atoms with Gasteiger partial charge in [0, 0.05) is 39.3 Å². The van der Waals surface area contributed by atoms with Crippen LogP contribution in [0.1, 0.15) is 26.0 Å². The molecule has 0 aliphatic carbocycles. The normalized spacial score (nSPS) is 29.6. The van der Waals surface area contributed by atoms with E-state index in [0.717, 1.165) is 51.9 Å². The number of nitrogen functional groups attached to an aromatic ring is 1. The first-order valence-electron chi connectivity index (χ1n) is 9.69. The summed E-state index contributed by atoms with van der Waals surface area (Å²) in [5.41, 5.74) is 3.91. The van der Waals surface area contributed by atoms with Gasteiger partial charge in [-0.25, -0.2) is 4.98 Å². The number of ether oxygens (including phenoxy) is 3. The Morgan fingerprint density at radius 1 is 1.24 bits per heavy atom. The molecule has 164 valence electrons. The van der Waals surface area contributed by atoms with Crippen LogP contribution in [0, 0.1) is 0 Å². The number of nitrogens with two attached hydrogens (primary N) is 1. The average molecular weight is 419 g/mol. The van der Waals surface area contributed by atoms with Crippen LogP contribution < -0.4 is 11.1 Å². The molecule has 3 atom stereocenters. The monoisotopic (exact) mass is 419 g/mol. The van der Waals surface area contributed by atoms with Crippen molar-refractivity contribution in [1.29, 1.82) is 0 Å². The first-order chi connectivity index (χ1) is 13.6. The van der Waals surface area contributed by atoms with E-state index >= 15 is 0 Å². The Hall–Kier alpha value is -1.53. The highest BCUT2D eigenvalue weighted by molar-refractivity contribution is 5.24. The standard InChI is InChI=1S/C13H24N2O3.C5H4F3N3/c1-13(2)17-10-3-8-16-11(12(10)18-13)9-15-6-4-14-5-7-15;6-5(7,8)3-1-10-2-4(9)11-3/h10-12,14H,3-9H2,1-2H3;1-2H,(H2,9,11). The molecule has 3 N–H and O–H groups in total. The second-order valence-electron chi connectivity index (χ2n) is 7.71. The molecule has 0 amide bonds. The van der Waals surface area contributed by atoms with E-state index in [1.54, 1.807) is 0 Å². The topological polar surface area (TPSA) is 94.8 Å². The number of piperazine rings is 1. The number of rotatable bonds is 2. The zero-order chi connectivity index (χ0) is 21.1. The van der Waals surface area contributed by atoms with Crippen LogP contribution in [0.4, 0.5) is 19.0 Å². The molecule has 3 aliphatic rings. The lowest BCUT2D eigenvalue weighted by Crippen LogP contribution is -2.52. The zero-order valence-electron chi connectivity index (χ0n) is 16.6. The number of nitrogens with one attached hydrogen (secondary N) is 1. The molecular weight excluding hydrogens is 391 g/mol. The third-order valence-corrected chi connectivity index (χ3v) is 4.91. The number of hydrogen-bond acceptors (Lipinski definition) is 8. The highest BCUT2D eigenvalue weighted by Gasteiger charge is 2.47. The second kappa shape index (κ2) is 9.09.